The SMILES string of the molecule is CNC(=O)c1sc(NCC2CCCCO2)c(SC)c1N. The standard InChI is InChI=1S/C13H21N3O2S2/c1-15-12(17)10-9(14)11(19-2)13(20-10)16-7-8-5-3-4-6-18-8/h8,16H,3-7,14H2,1-2H3,(H,15,17). The molecule has 1 fully saturated rings. The first-order chi connectivity index (χ1) is 9.67. The molecule has 2 rings (SSSR count). The summed E-state index contributed by atoms with van der Waals surface area (Å²) in [6.07, 6.45) is 5.68. The van der Waals surface area contributed by atoms with Gasteiger partial charge in [0.05, 0.1) is 16.7 Å². The van der Waals surface area contributed by atoms with Crippen LogP contribution >= 0.6 is 23.1 Å². The van der Waals surface area contributed by atoms with Crippen molar-refractivity contribution in [3.8, 4) is 0 Å². The average molecular weight is 315 g/mol. The van der Waals surface area contributed by atoms with Crippen LogP contribution in [0.15, 0.2) is 4.90 Å². The number of carbonyl (C=O) groups is 1. The molecule has 1 aliphatic rings. The number of thiophene rings is 1. The van der Waals surface area contributed by atoms with Crippen LogP contribution in [0.25, 0.3) is 0 Å². The van der Waals surface area contributed by atoms with Crippen molar-refractivity contribution in [2.45, 2.75) is 30.3 Å². The largest absolute Gasteiger partial charge is 0.396 e. The van der Waals surface area contributed by atoms with Gasteiger partial charge in [-0.1, -0.05) is 0 Å². The molecule has 2 heterocycles. The fourth-order valence-electron chi connectivity index (χ4n) is 2.20. The van der Waals surface area contributed by atoms with E-state index in [1.165, 1.54) is 17.8 Å². The molecule has 1 aromatic heterocycles. The Morgan fingerprint density at radius 3 is 2.95 bits per heavy atom. The third-order valence-corrected chi connectivity index (χ3v) is 5.42. The molecule has 0 aliphatic carbocycles. The molecule has 0 radical (unpaired) electrons. The minimum atomic E-state index is -0.134. The van der Waals surface area contributed by atoms with Gasteiger partial charge in [0, 0.05) is 20.2 Å². The van der Waals surface area contributed by atoms with E-state index in [1.807, 2.05) is 6.26 Å². The number of hydrogen-bond donors (Lipinski definition) is 3. The maximum Gasteiger partial charge on any atom is 0.263 e. The van der Waals surface area contributed by atoms with E-state index in [-0.39, 0.29) is 12.0 Å². The highest BCUT2D eigenvalue weighted by Gasteiger charge is 2.21. The highest BCUT2D eigenvalue weighted by molar-refractivity contribution is 7.99. The first-order valence-electron chi connectivity index (χ1n) is 6.71. The van der Waals surface area contributed by atoms with Crippen LogP contribution in [0, 0.1) is 0 Å². The lowest BCUT2D eigenvalue weighted by molar-refractivity contribution is 0.0248. The molecule has 1 amide bonds. The van der Waals surface area contributed by atoms with Gasteiger partial charge in [-0.2, -0.15) is 0 Å². The second-order valence-electron chi connectivity index (χ2n) is 4.66. The van der Waals surface area contributed by atoms with Crippen molar-refractivity contribution in [3.05, 3.63) is 4.88 Å². The topological polar surface area (TPSA) is 76.4 Å². The van der Waals surface area contributed by atoms with Gasteiger partial charge >= 0.3 is 0 Å². The van der Waals surface area contributed by atoms with Crippen molar-refractivity contribution in [1.82, 2.24) is 5.32 Å². The van der Waals surface area contributed by atoms with Crippen LogP contribution in [-0.2, 0) is 4.74 Å². The summed E-state index contributed by atoms with van der Waals surface area (Å²) in [5, 5.41) is 6.97. The van der Waals surface area contributed by atoms with E-state index >= 15 is 0 Å². The average Bonchev–Trinajstić information content (AvgIpc) is 2.81. The van der Waals surface area contributed by atoms with Crippen LogP contribution in [-0.4, -0.2) is 38.5 Å². The molecule has 20 heavy (non-hydrogen) atoms. The molecule has 5 nitrogen and oxygen atoms in total. The quantitative estimate of drug-likeness (QED) is 0.727. The van der Waals surface area contributed by atoms with Crippen molar-refractivity contribution >= 4 is 39.7 Å². The van der Waals surface area contributed by atoms with Crippen molar-refractivity contribution in [1.29, 1.82) is 0 Å². The predicted octanol–water partition coefficient (Wildman–Crippen LogP) is 2.39. The highest BCUT2D eigenvalue weighted by atomic mass is 32.2. The smallest absolute Gasteiger partial charge is 0.263 e. The second kappa shape index (κ2) is 7.19. The number of nitrogens with two attached hydrogens (primary N) is 1. The van der Waals surface area contributed by atoms with Gasteiger partial charge < -0.3 is 21.1 Å². The van der Waals surface area contributed by atoms with Crippen LogP contribution in [0.1, 0.15) is 28.9 Å². The van der Waals surface area contributed by atoms with Gasteiger partial charge in [0.25, 0.3) is 5.91 Å². The third kappa shape index (κ3) is 3.39. The number of carbonyl (C=O) groups excluding carboxylic acids is 1. The lowest BCUT2D eigenvalue weighted by Crippen LogP contribution is -2.26. The summed E-state index contributed by atoms with van der Waals surface area (Å²) in [5.74, 6) is -0.134. The molecular formula is C13H21N3O2S2. The van der Waals surface area contributed by atoms with Crippen LogP contribution in [0.5, 0.6) is 0 Å². The van der Waals surface area contributed by atoms with Gasteiger partial charge in [-0.15, -0.1) is 23.1 Å². The minimum absolute atomic E-state index is 0.134. The first-order valence-corrected chi connectivity index (χ1v) is 8.75. The van der Waals surface area contributed by atoms with Crippen LogP contribution in [0.4, 0.5) is 10.7 Å². The predicted molar refractivity (Wildman–Crippen MR) is 86.0 cm³/mol. The van der Waals surface area contributed by atoms with E-state index in [0.29, 0.717) is 10.6 Å². The molecule has 0 bridgehead atoms. The fourth-order valence-corrected chi connectivity index (χ4v) is 4.19. The number of amides is 1. The van der Waals surface area contributed by atoms with Crippen LogP contribution in [0.2, 0.25) is 0 Å². The van der Waals surface area contributed by atoms with E-state index in [4.69, 9.17) is 10.5 Å². The molecular weight excluding hydrogens is 294 g/mol. The zero-order valence-corrected chi connectivity index (χ0v) is 13.5. The Hall–Kier alpha value is -0.920. The summed E-state index contributed by atoms with van der Waals surface area (Å²) in [6, 6.07) is 0. The summed E-state index contributed by atoms with van der Waals surface area (Å²) in [4.78, 5) is 13.3. The van der Waals surface area contributed by atoms with Gasteiger partial charge in [0.15, 0.2) is 0 Å². The Labute approximate surface area is 127 Å². The molecule has 0 spiro atoms. The summed E-state index contributed by atoms with van der Waals surface area (Å²) in [5.41, 5.74) is 6.62. The Morgan fingerprint density at radius 2 is 2.35 bits per heavy atom. The molecule has 0 aromatic carbocycles. The second-order valence-corrected chi connectivity index (χ2v) is 6.49. The molecule has 1 unspecified atom stereocenters. The van der Waals surface area contributed by atoms with E-state index in [1.54, 1.807) is 18.8 Å². The van der Waals surface area contributed by atoms with Gasteiger partial charge in [-0.25, -0.2) is 0 Å². The van der Waals surface area contributed by atoms with Crippen molar-refractivity contribution < 1.29 is 9.53 Å². The molecule has 1 aromatic rings. The monoisotopic (exact) mass is 315 g/mol. The molecule has 1 atom stereocenters. The zero-order valence-electron chi connectivity index (χ0n) is 11.8. The Bertz CT molecular complexity index is 470. The number of nitrogens with one attached hydrogen (secondary N) is 2. The molecule has 112 valence electrons. The van der Waals surface area contributed by atoms with Gasteiger partial charge in [-0.05, 0) is 25.5 Å². The van der Waals surface area contributed by atoms with Gasteiger partial charge in [-0.3, -0.25) is 4.79 Å². The molecule has 1 aliphatic heterocycles. The molecule has 1 saturated heterocycles. The number of hydrogen-bond acceptors (Lipinski definition) is 6. The number of anilines is 2. The molecule has 7 heteroatoms. The number of ether oxygens (including phenoxy) is 1. The van der Waals surface area contributed by atoms with E-state index < -0.39 is 0 Å². The number of thioether (sulfide) groups is 1. The Kier molecular flexibility index (Phi) is 5.56. The maximum atomic E-state index is 11.8. The Balaban J connectivity index is 2.08. The number of rotatable bonds is 5. The first kappa shape index (κ1) is 15.5. The summed E-state index contributed by atoms with van der Waals surface area (Å²) < 4.78 is 5.70. The van der Waals surface area contributed by atoms with E-state index in [0.717, 1.165) is 35.9 Å². The lowest BCUT2D eigenvalue weighted by Gasteiger charge is -2.23. The Morgan fingerprint density at radius 1 is 1.55 bits per heavy atom. The van der Waals surface area contributed by atoms with E-state index in [2.05, 4.69) is 10.6 Å². The number of nitrogen functional groups attached to an aromatic ring is 1. The van der Waals surface area contributed by atoms with Crippen molar-refractivity contribution in [3.63, 3.8) is 0 Å². The zero-order chi connectivity index (χ0) is 14.5. The summed E-state index contributed by atoms with van der Waals surface area (Å²) in [7, 11) is 1.61. The summed E-state index contributed by atoms with van der Waals surface area (Å²) in [6.45, 7) is 1.61. The minimum Gasteiger partial charge on any atom is -0.396 e. The van der Waals surface area contributed by atoms with Crippen molar-refractivity contribution in [2.24, 2.45) is 0 Å². The van der Waals surface area contributed by atoms with Gasteiger partial charge in [0.1, 0.15) is 9.88 Å². The normalized spacial score (nSPS) is 18.8. The maximum absolute atomic E-state index is 11.8. The lowest BCUT2D eigenvalue weighted by atomic mass is 10.1. The third-order valence-electron chi connectivity index (χ3n) is 3.30. The molecule has 0 saturated carbocycles. The summed E-state index contributed by atoms with van der Waals surface area (Å²) >= 11 is 2.97. The highest BCUT2D eigenvalue weighted by Crippen LogP contribution is 2.41. The van der Waals surface area contributed by atoms with Crippen LogP contribution < -0.4 is 16.4 Å². The van der Waals surface area contributed by atoms with Crippen molar-refractivity contribution in [2.75, 3.05) is 37.5 Å². The van der Waals surface area contributed by atoms with Crippen LogP contribution in [0.3, 0.4) is 0 Å². The van der Waals surface area contributed by atoms with Gasteiger partial charge in [0.2, 0.25) is 0 Å². The molecule has 4 N–H and O–H groups in total. The van der Waals surface area contributed by atoms with E-state index in [9.17, 15) is 4.79 Å². The fraction of sp³-hybridized carbons (Fsp3) is 0.615.